The average Bonchev–Trinajstić information content (AvgIpc) is 3.23. The average molecular weight is 866 g/mol. The van der Waals surface area contributed by atoms with E-state index in [2.05, 4.69) is 19.9 Å². The van der Waals surface area contributed by atoms with Gasteiger partial charge in [-0.05, 0) is 120 Å². The maximum atomic E-state index is 14.3. The molecule has 3 fully saturated rings. The van der Waals surface area contributed by atoms with Gasteiger partial charge in [-0.15, -0.1) is 0 Å². The minimum Gasteiger partial charge on any atom is -0.460 e. The molecule has 1 aliphatic carbocycles. The zero-order chi connectivity index (χ0) is 46.1. The summed E-state index contributed by atoms with van der Waals surface area (Å²) in [5.41, 5.74) is 1.60. The van der Waals surface area contributed by atoms with E-state index in [1.807, 2.05) is 52.0 Å². The molecule has 11 heteroatoms. The first-order valence-electron chi connectivity index (χ1n) is 23.7. The summed E-state index contributed by atoms with van der Waals surface area (Å²) in [6.07, 6.45) is 15.4. The fourth-order valence-corrected chi connectivity index (χ4v) is 10.2. The number of rotatable bonds is 3. The van der Waals surface area contributed by atoms with Gasteiger partial charge in [0, 0.05) is 36.6 Å². The molecule has 0 spiro atoms. The van der Waals surface area contributed by atoms with Gasteiger partial charge in [0.05, 0.1) is 18.3 Å². The Morgan fingerprint density at radius 3 is 2.23 bits per heavy atom. The van der Waals surface area contributed by atoms with Crippen molar-refractivity contribution >= 4 is 29.2 Å². The predicted octanol–water partition coefficient (Wildman–Crippen LogP) is 8.04. The van der Waals surface area contributed by atoms with E-state index in [1.54, 1.807) is 33.8 Å². The summed E-state index contributed by atoms with van der Waals surface area (Å²) in [4.78, 5) is 71.4. The molecule has 0 radical (unpaired) electrons. The monoisotopic (exact) mass is 866 g/mol. The van der Waals surface area contributed by atoms with Crippen LogP contribution in [0.1, 0.15) is 146 Å². The molecule has 4 rings (SSSR count). The Balaban J connectivity index is 1.67. The maximum Gasteiger partial charge on any atom is 0.329 e. The molecule has 62 heavy (non-hydrogen) atoms. The van der Waals surface area contributed by atoms with Gasteiger partial charge in [0.2, 0.25) is 5.79 Å². The number of piperidine rings is 1. The molecule has 2 bridgehead atoms. The lowest BCUT2D eigenvalue weighted by molar-refractivity contribution is -0.264. The number of hydrogen-bond acceptors (Lipinski definition) is 10. The zero-order valence-corrected chi connectivity index (χ0v) is 39.4. The molecule has 1 unspecified atom stereocenters. The Kier molecular flexibility index (Phi) is 19.1. The van der Waals surface area contributed by atoms with Crippen molar-refractivity contribution < 1.29 is 48.8 Å². The Morgan fingerprint density at radius 1 is 0.823 bits per heavy atom. The number of ketones is 3. The number of amides is 1. The normalized spacial score (nSPS) is 41.8. The third-order valence-corrected chi connectivity index (χ3v) is 14.8. The molecule has 3 heterocycles. The number of carbonyl (C=O) groups is 5. The third kappa shape index (κ3) is 13.4. The van der Waals surface area contributed by atoms with E-state index in [0.717, 1.165) is 18.4 Å². The van der Waals surface area contributed by atoms with Gasteiger partial charge in [0.15, 0.2) is 0 Å². The molecule has 0 aromatic rings. The standard InChI is InChI=1S/C51H79NO10/c1-30-16-12-11-13-17-31(2)32(3)28-41-21-19-38(9)51(60,62-41)48(57)49(58)52-23-15-14-18-42(52)50(59)61-45(35(6)27-40-20-22-43(53)34(5)26-40)29-44(54)33(4)25-37(8)47(56)39(10)46(55)36(7)24-30/h11-13,16-17,25,30,32-36,38-43,45,47,53,56,60H,14-15,18-24,26-29H2,1-10H3/b13-11+,16-12+,31-17+,37-25+/t30-,32+,33-,34-,35-,36-,38-,39+,40-,41+,42?,43-,45+,47-,51-/m1/s1. The van der Waals surface area contributed by atoms with E-state index < -0.39 is 65.6 Å². The number of nitrogens with zero attached hydrogens (tertiary/aromatic N) is 1. The first-order valence-corrected chi connectivity index (χ1v) is 23.7. The molecule has 3 N–H and O–H groups in total. The highest BCUT2D eigenvalue weighted by molar-refractivity contribution is 6.39. The Morgan fingerprint density at radius 2 is 1.53 bits per heavy atom. The number of hydrogen-bond donors (Lipinski definition) is 3. The SMILES string of the molecule is C/C1=C\[C@@H](C)C(=O)C[C@@H]([C@H](C)C[C@@H]2CC[C@@H](O)[C@H](C)C2)OC(=O)C2CCCCN2C(=O)C(=O)[C@]2(O)O[C@@H](CC[C@H]2C)C[C@H](C)/C(C)=C/C=C/C=C/[C@@H](C)C[C@@H](C)C(=O)[C@H](C)[C@@H]1O. The van der Waals surface area contributed by atoms with Crippen molar-refractivity contribution in [3.05, 3.63) is 47.6 Å². The lowest BCUT2D eigenvalue weighted by Gasteiger charge is -2.42. The van der Waals surface area contributed by atoms with Gasteiger partial charge in [0.25, 0.3) is 11.7 Å². The molecule has 1 saturated carbocycles. The fraction of sp³-hybridized carbons (Fsp3) is 0.745. The van der Waals surface area contributed by atoms with Crippen LogP contribution in [-0.2, 0) is 33.4 Å². The second-order valence-corrected chi connectivity index (χ2v) is 20.1. The summed E-state index contributed by atoms with van der Waals surface area (Å²) in [6, 6.07) is -1.08. The zero-order valence-electron chi connectivity index (χ0n) is 39.4. The van der Waals surface area contributed by atoms with Crippen molar-refractivity contribution in [2.24, 2.45) is 53.3 Å². The number of aliphatic hydroxyl groups is 3. The smallest absolute Gasteiger partial charge is 0.329 e. The van der Waals surface area contributed by atoms with E-state index in [9.17, 15) is 39.3 Å². The summed E-state index contributed by atoms with van der Waals surface area (Å²) in [6.45, 7) is 19.0. The molecule has 15 atom stereocenters. The highest BCUT2D eigenvalue weighted by Gasteiger charge is 2.53. The number of esters is 1. The van der Waals surface area contributed by atoms with E-state index in [-0.39, 0.29) is 72.6 Å². The molecule has 348 valence electrons. The van der Waals surface area contributed by atoms with Crippen molar-refractivity contribution in [3.8, 4) is 0 Å². The maximum absolute atomic E-state index is 14.3. The minimum absolute atomic E-state index is 0.0475. The number of Topliss-reactive ketones (excluding diaryl/α,β-unsaturated/α-hetero) is 3. The molecule has 4 aliphatic rings. The second-order valence-electron chi connectivity index (χ2n) is 20.1. The molecule has 1 amide bonds. The van der Waals surface area contributed by atoms with Gasteiger partial charge in [-0.1, -0.05) is 97.4 Å². The van der Waals surface area contributed by atoms with Crippen LogP contribution in [0.5, 0.6) is 0 Å². The quantitative estimate of drug-likeness (QED) is 0.144. The highest BCUT2D eigenvalue weighted by Crippen LogP contribution is 2.38. The van der Waals surface area contributed by atoms with Crippen LogP contribution in [0.2, 0.25) is 0 Å². The molecular formula is C51H79NO10. The van der Waals surface area contributed by atoms with Gasteiger partial charge in [-0.25, -0.2) is 4.79 Å². The van der Waals surface area contributed by atoms with Gasteiger partial charge < -0.3 is 29.7 Å². The molecule has 3 aliphatic heterocycles. The van der Waals surface area contributed by atoms with Crippen LogP contribution in [-0.4, -0.2) is 92.2 Å². The van der Waals surface area contributed by atoms with Crippen LogP contribution in [0.25, 0.3) is 0 Å². The van der Waals surface area contributed by atoms with E-state index in [1.165, 1.54) is 4.90 Å². The lowest BCUT2D eigenvalue weighted by atomic mass is 9.75. The summed E-state index contributed by atoms with van der Waals surface area (Å²) >= 11 is 0. The minimum atomic E-state index is -2.35. The largest absolute Gasteiger partial charge is 0.460 e. The predicted molar refractivity (Wildman–Crippen MR) is 240 cm³/mol. The van der Waals surface area contributed by atoms with Crippen molar-refractivity contribution in [2.45, 2.75) is 183 Å². The number of allylic oxidation sites excluding steroid dienone is 7. The Bertz CT molecular complexity index is 1700. The molecule has 11 nitrogen and oxygen atoms in total. The molecule has 0 aromatic carbocycles. The van der Waals surface area contributed by atoms with Crippen molar-refractivity contribution in [1.29, 1.82) is 0 Å². The third-order valence-electron chi connectivity index (χ3n) is 14.8. The van der Waals surface area contributed by atoms with Gasteiger partial charge >= 0.3 is 5.97 Å². The topological polar surface area (TPSA) is 168 Å². The number of fused-ring (bicyclic) bond motifs is 3. The first-order chi connectivity index (χ1) is 29.1. The van der Waals surface area contributed by atoms with Crippen molar-refractivity contribution in [3.63, 3.8) is 0 Å². The van der Waals surface area contributed by atoms with Crippen LogP contribution in [0.15, 0.2) is 47.6 Å². The Hall–Kier alpha value is -3.25. The summed E-state index contributed by atoms with van der Waals surface area (Å²) in [7, 11) is 0. The second kappa shape index (κ2) is 23.1. The lowest BCUT2D eigenvalue weighted by Crippen LogP contribution is -2.60. The van der Waals surface area contributed by atoms with Crippen LogP contribution in [0.4, 0.5) is 0 Å². The van der Waals surface area contributed by atoms with E-state index in [4.69, 9.17) is 9.47 Å². The fourth-order valence-electron chi connectivity index (χ4n) is 10.2. The summed E-state index contributed by atoms with van der Waals surface area (Å²) < 4.78 is 12.4. The van der Waals surface area contributed by atoms with E-state index in [0.29, 0.717) is 56.9 Å². The first kappa shape index (κ1) is 51.4. The summed E-state index contributed by atoms with van der Waals surface area (Å²) in [5.74, 6) is -7.36. The number of carbonyl (C=O) groups excluding carboxylic acids is 5. The Labute approximate surface area is 371 Å². The van der Waals surface area contributed by atoms with Crippen LogP contribution in [0.3, 0.4) is 0 Å². The van der Waals surface area contributed by atoms with Crippen LogP contribution in [0, 0.1) is 53.3 Å². The molecular weight excluding hydrogens is 787 g/mol. The van der Waals surface area contributed by atoms with Gasteiger partial charge in [-0.3, -0.25) is 19.2 Å². The van der Waals surface area contributed by atoms with Crippen molar-refractivity contribution in [1.82, 2.24) is 4.90 Å². The van der Waals surface area contributed by atoms with Gasteiger partial charge in [0.1, 0.15) is 23.7 Å². The van der Waals surface area contributed by atoms with E-state index >= 15 is 0 Å². The van der Waals surface area contributed by atoms with Crippen molar-refractivity contribution in [2.75, 3.05) is 6.54 Å². The van der Waals surface area contributed by atoms with Gasteiger partial charge in [-0.2, -0.15) is 0 Å². The van der Waals surface area contributed by atoms with Crippen LogP contribution < -0.4 is 0 Å². The molecule has 2 saturated heterocycles. The summed E-state index contributed by atoms with van der Waals surface area (Å²) in [5, 5.41) is 33.6. The molecule has 0 aromatic heterocycles. The van der Waals surface area contributed by atoms with Crippen LogP contribution >= 0.6 is 0 Å². The highest BCUT2D eigenvalue weighted by atomic mass is 16.6. The number of ether oxygens (including phenoxy) is 2. The number of cyclic esters (lactones) is 1. The number of aliphatic hydroxyl groups excluding tert-OH is 2.